The first-order valence-corrected chi connectivity index (χ1v) is 9.28. The maximum absolute atomic E-state index is 11.9. The zero-order chi connectivity index (χ0) is 16.8. The average Bonchev–Trinajstić information content (AvgIpc) is 3.34. The molecule has 1 aliphatic heterocycles. The molecule has 1 saturated heterocycles. The number of amides is 1. The Balaban J connectivity index is 1.32. The smallest absolute Gasteiger partial charge is 0.409 e. The predicted molar refractivity (Wildman–Crippen MR) is 91.8 cm³/mol. The van der Waals surface area contributed by atoms with Crippen LogP contribution in [-0.4, -0.2) is 35.8 Å². The highest BCUT2D eigenvalue weighted by molar-refractivity contribution is 5.69. The molecule has 0 unspecified atom stereocenters. The van der Waals surface area contributed by atoms with E-state index in [1.165, 1.54) is 18.4 Å². The Bertz CT molecular complexity index is 624. The Morgan fingerprint density at radius 2 is 2.08 bits per heavy atom. The summed E-state index contributed by atoms with van der Waals surface area (Å²) in [7, 11) is 0. The molecule has 1 amide bonds. The van der Waals surface area contributed by atoms with Crippen molar-refractivity contribution >= 4 is 6.09 Å². The van der Waals surface area contributed by atoms with E-state index >= 15 is 0 Å². The van der Waals surface area contributed by atoms with Crippen LogP contribution in [0.5, 0.6) is 0 Å². The standard InChI is InChI=1S/C20H27NO3/c1-2-3-9-24-18(22)21-13-19(14-21)11-20(23,12-19)17-6-4-5-16(10-17)15-7-8-15/h4-6,10,15,23H,2-3,7-9,11-14H2,1H3. The highest BCUT2D eigenvalue weighted by Gasteiger charge is 2.61. The van der Waals surface area contributed by atoms with E-state index in [9.17, 15) is 9.90 Å². The van der Waals surface area contributed by atoms with Crippen LogP contribution in [0.3, 0.4) is 0 Å². The summed E-state index contributed by atoms with van der Waals surface area (Å²) in [5.41, 5.74) is 1.83. The fraction of sp³-hybridized carbons (Fsp3) is 0.650. The number of benzene rings is 1. The number of carbonyl (C=O) groups is 1. The summed E-state index contributed by atoms with van der Waals surface area (Å²) in [4.78, 5) is 13.7. The molecule has 3 fully saturated rings. The zero-order valence-electron chi connectivity index (χ0n) is 14.5. The molecule has 2 aliphatic carbocycles. The lowest BCUT2D eigenvalue weighted by molar-refractivity contribution is -0.188. The van der Waals surface area contributed by atoms with E-state index in [2.05, 4.69) is 25.1 Å². The van der Waals surface area contributed by atoms with Gasteiger partial charge in [0.1, 0.15) is 0 Å². The van der Waals surface area contributed by atoms with Gasteiger partial charge in [-0.1, -0.05) is 37.6 Å². The minimum Gasteiger partial charge on any atom is -0.449 e. The topological polar surface area (TPSA) is 49.8 Å². The van der Waals surface area contributed by atoms with Crippen LogP contribution in [0.15, 0.2) is 24.3 Å². The first kappa shape index (κ1) is 15.9. The van der Waals surface area contributed by atoms with Crippen LogP contribution >= 0.6 is 0 Å². The number of hydrogen-bond acceptors (Lipinski definition) is 3. The molecule has 0 bridgehead atoms. The number of ether oxygens (including phenoxy) is 1. The van der Waals surface area contributed by atoms with Gasteiger partial charge in [-0.3, -0.25) is 0 Å². The van der Waals surface area contributed by atoms with Crippen molar-refractivity contribution in [3.8, 4) is 0 Å². The Kier molecular flexibility index (Phi) is 3.83. The summed E-state index contributed by atoms with van der Waals surface area (Å²) in [6.07, 6.45) is 5.83. The van der Waals surface area contributed by atoms with Crippen molar-refractivity contribution in [2.45, 2.75) is 57.0 Å². The molecule has 1 aromatic carbocycles. The van der Waals surface area contributed by atoms with Gasteiger partial charge in [-0.2, -0.15) is 0 Å². The normalized spacial score (nSPS) is 23.5. The number of unbranched alkanes of at least 4 members (excludes halogenated alkanes) is 1. The van der Waals surface area contributed by atoms with Gasteiger partial charge in [0.2, 0.25) is 0 Å². The summed E-state index contributed by atoms with van der Waals surface area (Å²) in [5, 5.41) is 11.0. The number of aliphatic hydroxyl groups is 1. The summed E-state index contributed by atoms with van der Waals surface area (Å²) in [5.74, 6) is 0.708. The van der Waals surface area contributed by atoms with Gasteiger partial charge < -0.3 is 14.7 Å². The van der Waals surface area contributed by atoms with Crippen LogP contribution in [0.2, 0.25) is 0 Å². The molecule has 1 spiro atoms. The molecule has 0 radical (unpaired) electrons. The van der Waals surface area contributed by atoms with E-state index in [0.29, 0.717) is 12.5 Å². The minimum atomic E-state index is -0.705. The Labute approximate surface area is 143 Å². The van der Waals surface area contributed by atoms with Gasteiger partial charge in [0.15, 0.2) is 0 Å². The number of nitrogens with zero attached hydrogens (tertiary/aromatic N) is 1. The van der Waals surface area contributed by atoms with E-state index < -0.39 is 5.60 Å². The molecule has 4 nitrogen and oxygen atoms in total. The van der Waals surface area contributed by atoms with Gasteiger partial charge in [-0.05, 0) is 49.1 Å². The molecule has 4 rings (SSSR count). The lowest BCUT2D eigenvalue weighted by Crippen LogP contribution is -2.68. The molecule has 0 aromatic heterocycles. The maximum atomic E-state index is 11.9. The number of rotatable bonds is 5. The maximum Gasteiger partial charge on any atom is 0.409 e. The highest BCUT2D eigenvalue weighted by Crippen LogP contribution is 2.59. The van der Waals surface area contributed by atoms with Crippen LogP contribution in [0.25, 0.3) is 0 Å². The van der Waals surface area contributed by atoms with Crippen LogP contribution in [0.1, 0.15) is 62.5 Å². The third-order valence-electron chi connectivity index (χ3n) is 5.84. The summed E-state index contributed by atoms with van der Waals surface area (Å²) in [6, 6.07) is 8.49. The van der Waals surface area contributed by atoms with Crippen LogP contribution in [0.4, 0.5) is 4.79 Å². The monoisotopic (exact) mass is 329 g/mol. The predicted octanol–water partition coefficient (Wildman–Crippen LogP) is 3.78. The van der Waals surface area contributed by atoms with Crippen molar-refractivity contribution in [2.75, 3.05) is 19.7 Å². The highest BCUT2D eigenvalue weighted by atomic mass is 16.6. The largest absolute Gasteiger partial charge is 0.449 e. The molecule has 130 valence electrons. The molecular formula is C20H27NO3. The molecule has 0 atom stereocenters. The Morgan fingerprint density at radius 1 is 1.33 bits per heavy atom. The van der Waals surface area contributed by atoms with E-state index in [1.807, 2.05) is 6.07 Å². The van der Waals surface area contributed by atoms with Gasteiger partial charge in [0.25, 0.3) is 0 Å². The van der Waals surface area contributed by atoms with Crippen molar-refractivity contribution in [2.24, 2.45) is 5.41 Å². The molecule has 1 aromatic rings. The lowest BCUT2D eigenvalue weighted by Gasteiger charge is -2.62. The molecule has 4 heteroatoms. The van der Waals surface area contributed by atoms with Crippen molar-refractivity contribution in [3.63, 3.8) is 0 Å². The third-order valence-corrected chi connectivity index (χ3v) is 5.84. The van der Waals surface area contributed by atoms with Gasteiger partial charge in [-0.25, -0.2) is 4.79 Å². The molecule has 2 saturated carbocycles. The number of hydrogen-bond donors (Lipinski definition) is 1. The minimum absolute atomic E-state index is 0.105. The van der Waals surface area contributed by atoms with Gasteiger partial charge in [0, 0.05) is 18.5 Å². The van der Waals surface area contributed by atoms with Crippen molar-refractivity contribution in [1.82, 2.24) is 4.90 Å². The third kappa shape index (κ3) is 2.81. The second kappa shape index (κ2) is 5.76. The molecular weight excluding hydrogens is 302 g/mol. The lowest BCUT2D eigenvalue weighted by atomic mass is 9.53. The number of likely N-dealkylation sites (tertiary alicyclic amines) is 1. The molecule has 3 aliphatic rings. The first-order chi connectivity index (χ1) is 11.5. The molecule has 1 N–H and O–H groups in total. The first-order valence-electron chi connectivity index (χ1n) is 9.28. The van der Waals surface area contributed by atoms with E-state index in [1.54, 1.807) is 4.90 Å². The quantitative estimate of drug-likeness (QED) is 0.836. The van der Waals surface area contributed by atoms with E-state index in [4.69, 9.17) is 4.74 Å². The van der Waals surface area contributed by atoms with Crippen molar-refractivity contribution < 1.29 is 14.6 Å². The Morgan fingerprint density at radius 3 is 2.75 bits per heavy atom. The zero-order valence-corrected chi connectivity index (χ0v) is 14.5. The fourth-order valence-electron chi connectivity index (χ4n) is 4.40. The van der Waals surface area contributed by atoms with Crippen molar-refractivity contribution in [1.29, 1.82) is 0 Å². The summed E-state index contributed by atoms with van der Waals surface area (Å²) >= 11 is 0. The summed E-state index contributed by atoms with van der Waals surface area (Å²) < 4.78 is 5.26. The van der Waals surface area contributed by atoms with E-state index in [-0.39, 0.29) is 11.5 Å². The second-order valence-corrected chi connectivity index (χ2v) is 8.11. The summed E-state index contributed by atoms with van der Waals surface area (Å²) in [6.45, 7) is 4.04. The molecule has 1 heterocycles. The van der Waals surface area contributed by atoms with Crippen LogP contribution in [-0.2, 0) is 10.3 Å². The Hall–Kier alpha value is -1.55. The number of carbonyl (C=O) groups excluding carboxylic acids is 1. The van der Waals surface area contributed by atoms with Gasteiger partial charge in [-0.15, -0.1) is 0 Å². The van der Waals surface area contributed by atoms with Gasteiger partial charge >= 0.3 is 6.09 Å². The van der Waals surface area contributed by atoms with Gasteiger partial charge in [0.05, 0.1) is 12.2 Å². The average molecular weight is 329 g/mol. The van der Waals surface area contributed by atoms with Crippen LogP contribution in [0, 0.1) is 5.41 Å². The molecule has 24 heavy (non-hydrogen) atoms. The van der Waals surface area contributed by atoms with Crippen LogP contribution < -0.4 is 0 Å². The van der Waals surface area contributed by atoms with E-state index in [0.717, 1.165) is 44.3 Å². The SMILES string of the molecule is CCCCOC(=O)N1CC2(C1)CC(O)(c1cccc(C3CC3)c1)C2. The van der Waals surface area contributed by atoms with Crippen molar-refractivity contribution in [3.05, 3.63) is 35.4 Å². The second-order valence-electron chi connectivity index (χ2n) is 8.11. The fourth-order valence-corrected chi connectivity index (χ4v) is 4.40.